The third-order valence-electron chi connectivity index (χ3n) is 6.01. The SMILES string of the molecule is COc1cc(/C=C2\SC(=Nc3ccc(C)c(C)c3)N(c3ccc(C)c(C)c3)C2=O)ccc1OC(C)=O. The van der Waals surface area contributed by atoms with Gasteiger partial charge in [-0.15, -0.1) is 0 Å². The molecule has 184 valence electrons. The van der Waals surface area contributed by atoms with Crippen molar-refractivity contribution in [3.05, 3.63) is 87.3 Å². The number of aliphatic imine (C=N–C) groups is 1. The number of thioether (sulfide) groups is 1. The van der Waals surface area contributed by atoms with Crippen LogP contribution in [0.5, 0.6) is 11.5 Å². The monoisotopic (exact) mass is 500 g/mol. The minimum absolute atomic E-state index is 0.158. The van der Waals surface area contributed by atoms with E-state index in [1.165, 1.54) is 31.4 Å². The molecule has 6 nitrogen and oxygen atoms in total. The van der Waals surface area contributed by atoms with Crippen molar-refractivity contribution in [2.24, 2.45) is 4.99 Å². The maximum absolute atomic E-state index is 13.7. The number of nitrogens with zero attached hydrogens (tertiary/aromatic N) is 2. The van der Waals surface area contributed by atoms with Gasteiger partial charge in [0.2, 0.25) is 0 Å². The van der Waals surface area contributed by atoms with Crippen LogP contribution in [0.25, 0.3) is 6.08 Å². The molecule has 1 saturated heterocycles. The highest BCUT2D eigenvalue weighted by Crippen LogP contribution is 2.39. The Balaban J connectivity index is 1.77. The molecular formula is C29H28N2O4S. The molecule has 0 saturated carbocycles. The third-order valence-corrected chi connectivity index (χ3v) is 6.98. The maximum Gasteiger partial charge on any atom is 0.308 e. The lowest BCUT2D eigenvalue weighted by atomic mass is 10.1. The van der Waals surface area contributed by atoms with E-state index in [9.17, 15) is 9.59 Å². The first-order valence-corrected chi connectivity index (χ1v) is 12.3. The summed E-state index contributed by atoms with van der Waals surface area (Å²) in [6.07, 6.45) is 1.80. The Morgan fingerprint density at radius 1 is 0.889 bits per heavy atom. The first kappa shape index (κ1) is 25.3. The average Bonchev–Trinajstić information content (AvgIpc) is 3.13. The smallest absolute Gasteiger partial charge is 0.308 e. The summed E-state index contributed by atoms with van der Waals surface area (Å²) in [6, 6.07) is 17.1. The maximum atomic E-state index is 13.7. The fourth-order valence-electron chi connectivity index (χ4n) is 3.71. The second kappa shape index (κ2) is 10.4. The van der Waals surface area contributed by atoms with E-state index in [2.05, 4.69) is 6.92 Å². The number of amidine groups is 1. The summed E-state index contributed by atoms with van der Waals surface area (Å²) in [7, 11) is 1.50. The van der Waals surface area contributed by atoms with Gasteiger partial charge in [0.15, 0.2) is 16.7 Å². The number of aryl methyl sites for hydroxylation is 4. The summed E-state index contributed by atoms with van der Waals surface area (Å²) in [5, 5.41) is 0.584. The summed E-state index contributed by atoms with van der Waals surface area (Å²) in [5.74, 6) is 0.141. The van der Waals surface area contributed by atoms with Crippen molar-refractivity contribution in [1.29, 1.82) is 0 Å². The van der Waals surface area contributed by atoms with Gasteiger partial charge in [-0.1, -0.05) is 18.2 Å². The summed E-state index contributed by atoms with van der Waals surface area (Å²) in [6.45, 7) is 9.51. The standard InChI is InChI=1S/C29H28N2O4S/c1-17-7-10-23(13-19(17)3)30-29-31(24-11-8-18(2)20(4)14-24)28(33)27(36-29)16-22-9-12-25(35-21(5)32)26(15-22)34-6/h7-16H,1-6H3/b27-16-,30-29?. The highest BCUT2D eigenvalue weighted by Gasteiger charge is 2.35. The molecule has 0 atom stereocenters. The van der Waals surface area contributed by atoms with Gasteiger partial charge in [-0.2, -0.15) is 0 Å². The largest absolute Gasteiger partial charge is 0.493 e. The van der Waals surface area contributed by atoms with Crippen molar-refractivity contribution >= 4 is 46.3 Å². The molecule has 1 amide bonds. The Kier molecular flexibility index (Phi) is 7.31. The number of carbonyl (C=O) groups is 2. The second-order valence-electron chi connectivity index (χ2n) is 8.69. The van der Waals surface area contributed by atoms with Gasteiger partial charge in [0.1, 0.15) is 0 Å². The van der Waals surface area contributed by atoms with Crippen molar-refractivity contribution in [1.82, 2.24) is 0 Å². The number of anilines is 1. The van der Waals surface area contributed by atoms with Crippen molar-refractivity contribution in [2.75, 3.05) is 12.0 Å². The van der Waals surface area contributed by atoms with Crippen LogP contribution in [0.2, 0.25) is 0 Å². The van der Waals surface area contributed by atoms with Crippen LogP contribution in [0.15, 0.2) is 64.5 Å². The van der Waals surface area contributed by atoms with Gasteiger partial charge in [-0.3, -0.25) is 14.5 Å². The predicted octanol–water partition coefficient (Wildman–Crippen LogP) is 6.66. The van der Waals surface area contributed by atoms with Crippen LogP contribution in [0.1, 0.15) is 34.7 Å². The number of ether oxygens (including phenoxy) is 2. The molecule has 1 heterocycles. The van der Waals surface area contributed by atoms with E-state index < -0.39 is 5.97 Å². The van der Waals surface area contributed by atoms with Crippen LogP contribution >= 0.6 is 11.8 Å². The van der Waals surface area contributed by atoms with E-state index in [1.54, 1.807) is 29.2 Å². The molecule has 0 bridgehead atoms. The fourth-order valence-corrected chi connectivity index (χ4v) is 4.71. The van der Waals surface area contributed by atoms with E-state index in [0.717, 1.165) is 33.6 Å². The first-order chi connectivity index (χ1) is 17.2. The molecule has 0 spiro atoms. The summed E-state index contributed by atoms with van der Waals surface area (Å²) >= 11 is 1.32. The number of methoxy groups -OCH3 is 1. The van der Waals surface area contributed by atoms with E-state index in [-0.39, 0.29) is 5.91 Å². The minimum atomic E-state index is -0.433. The Hall–Kier alpha value is -3.84. The van der Waals surface area contributed by atoms with Crippen molar-refractivity contribution in [3.63, 3.8) is 0 Å². The van der Waals surface area contributed by atoms with Gasteiger partial charge < -0.3 is 9.47 Å². The van der Waals surface area contributed by atoms with Crippen molar-refractivity contribution < 1.29 is 19.1 Å². The molecule has 1 aliphatic rings. The topological polar surface area (TPSA) is 68.2 Å². The van der Waals surface area contributed by atoms with Gasteiger partial charge in [-0.05, 0) is 110 Å². The number of benzene rings is 3. The van der Waals surface area contributed by atoms with Crippen molar-refractivity contribution in [2.45, 2.75) is 34.6 Å². The van der Waals surface area contributed by atoms with Gasteiger partial charge in [0.05, 0.1) is 23.4 Å². The lowest BCUT2D eigenvalue weighted by Crippen LogP contribution is -2.28. The lowest BCUT2D eigenvalue weighted by Gasteiger charge is -2.17. The zero-order chi connectivity index (χ0) is 26.0. The molecule has 3 aromatic rings. The van der Waals surface area contributed by atoms with E-state index in [0.29, 0.717) is 21.6 Å². The molecule has 1 aliphatic heterocycles. The van der Waals surface area contributed by atoms with Crippen LogP contribution in [-0.4, -0.2) is 24.2 Å². The fraction of sp³-hybridized carbons (Fsp3) is 0.207. The molecule has 7 heteroatoms. The molecule has 4 rings (SSSR count). The highest BCUT2D eigenvalue weighted by atomic mass is 32.2. The molecule has 0 unspecified atom stereocenters. The van der Waals surface area contributed by atoms with Gasteiger partial charge in [0, 0.05) is 6.92 Å². The van der Waals surface area contributed by atoms with Gasteiger partial charge >= 0.3 is 5.97 Å². The van der Waals surface area contributed by atoms with Gasteiger partial charge in [-0.25, -0.2) is 4.99 Å². The van der Waals surface area contributed by atoms with Crippen LogP contribution < -0.4 is 14.4 Å². The van der Waals surface area contributed by atoms with E-state index >= 15 is 0 Å². The second-order valence-corrected chi connectivity index (χ2v) is 9.70. The van der Waals surface area contributed by atoms with Gasteiger partial charge in [0.25, 0.3) is 5.91 Å². The van der Waals surface area contributed by atoms with Crippen LogP contribution in [-0.2, 0) is 9.59 Å². The number of hydrogen-bond donors (Lipinski definition) is 0. The Morgan fingerprint density at radius 3 is 2.22 bits per heavy atom. The van der Waals surface area contributed by atoms with E-state index in [4.69, 9.17) is 14.5 Å². The number of carbonyl (C=O) groups excluding carboxylic acids is 2. The summed E-state index contributed by atoms with van der Waals surface area (Å²) in [4.78, 5) is 32.1. The number of rotatable bonds is 5. The normalized spacial score (nSPS) is 15.6. The molecule has 3 aromatic carbocycles. The number of hydrogen-bond acceptors (Lipinski definition) is 6. The Labute approximate surface area is 215 Å². The zero-order valence-electron chi connectivity index (χ0n) is 21.2. The molecule has 0 N–H and O–H groups in total. The van der Waals surface area contributed by atoms with Crippen LogP contribution in [0, 0.1) is 27.7 Å². The summed E-state index contributed by atoms with van der Waals surface area (Å²) < 4.78 is 10.6. The quantitative estimate of drug-likeness (QED) is 0.223. The predicted molar refractivity (Wildman–Crippen MR) is 146 cm³/mol. The third kappa shape index (κ3) is 5.36. The lowest BCUT2D eigenvalue weighted by molar-refractivity contribution is -0.132. The molecule has 0 aliphatic carbocycles. The van der Waals surface area contributed by atoms with Crippen LogP contribution in [0.4, 0.5) is 11.4 Å². The number of amides is 1. The molecule has 0 aromatic heterocycles. The highest BCUT2D eigenvalue weighted by molar-refractivity contribution is 8.19. The number of esters is 1. The molecule has 1 fully saturated rings. The zero-order valence-corrected chi connectivity index (χ0v) is 22.0. The molecule has 36 heavy (non-hydrogen) atoms. The Morgan fingerprint density at radius 2 is 1.58 bits per heavy atom. The minimum Gasteiger partial charge on any atom is -0.493 e. The first-order valence-electron chi connectivity index (χ1n) is 11.5. The van der Waals surface area contributed by atoms with Crippen molar-refractivity contribution in [3.8, 4) is 11.5 Å². The van der Waals surface area contributed by atoms with Crippen LogP contribution in [0.3, 0.4) is 0 Å². The molecular weight excluding hydrogens is 472 g/mol. The Bertz CT molecular complexity index is 1420. The molecule has 0 radical (unpaired) electrons. The average molecular weight is 501 g/mol. The van der Waals surface area contributed by atoms with E-state index in [1.807, 2.05) is 57.2 Å². The summed E-state index contributed by atoms with van der Waals surface area (Å²) in [5.41, 5.74) is 6.87.